The molecule has 0 radical (unpaired) electrons. The van der Waals surface area contributed by atoms with Crippen LogP contribution in [0, 0.1) is 5.92 Å². The highest BCUT2D eigenvalue weighted by Gasteiger charge is 2.30. The fraction of sp³-hybridized carbons (Fsp3) is 0.571. The van der Waals surface area contributed by atoms with Crippen molar-refractivity contribution in [2.24, 2.45) is 5.92 Å². The number of nitrogens with zero attached hydrogens (tertiary/aromatic N) is 1. The van der Waals surface area contributed by atoms with Crippen molar-refractivity contribution in [2.45, 2.75) is 37.7 Å². The summed E-state index contributed by atoms with van der Waals surface area (Å²) < 4.78 is 27.0. The van der Waals surface area contributed by atoms with Crippen molar-refractivity contribution in [3.8, 4) is 0 Å². The Hall–Kier alpha value is -0.330. The molecule has 1 N–H and O–H groups in total. The van der Waals surface area contributed by atoms with Crippen LogP contribution < -0.4 is 0 Å². The van der Waals surface area contributed by atoms with E-state index in [1.54, 1.807) is 0 Å². The summed E-state index contributed by atoms with van der Waals surface area (Å²) in [4.78, 5) is 0.0128. The summed E-state index contributed by atoms with van der Waals surface area (Å²) in [6.07, 6.45) is 3.31. The summed E-state index contributed by atoms with van der Waals surface area (Å²) in [5.41, 5.74) is 0.360. The molecule has 0 atom stereocenters. The van der Waals surface area contributed by atoms with Crippen LogP contribution in [0.5, 0.6) is 0 Å². The standard InChI is InChI=1S/C14H19Cl2NO3S/c1-2-17(8-10-4-3-5-10)21(19,20)14-6-11(9-18)12(15)7-13(14)16/h6-7,10,18H,2-5,8-9H2,1H3. The molecule has 1 fully saturated rings. The molecule has 1 aromatic rings. The van der Waals surface area contributed by atoms with Crippen molar-refractivity contribution < 1.29 is 13.5 Å². The van der Waals surface area contributed by atoms with E-state index in [1.807, 2.05) is 6.92 Å². The van der Waals surface area contributed by atoms with Crippen LogP contribution >= 0.6 is 23.2 Å². The van der Waals surface area contributed by atoms with Crippen LogP contribution in [-0.2, 0) is 16.6 Å². The fourth-order valence-corrected chi connectivity index (χ4v) is 4.75. The van der Waals surface area contributed by atoms with E-state index in [-0.39, 0.29) is 21.5 Å². The minimum Gasteiger partial charge on any atom is -0.392 e. The molecule has 2 rings (SSSR count). The van der Waals surface area contributed by atoms with E-state index in [4.69, 9.17) is 23.2 Å². The lowest BCUT2D eigenvalue weighted by Gasteiger charge is -2.31. The summed E-state index contributed by atoms with van der Waals surface area (Å²) in [5, 5.41) is 9.61. The zero-order chi connectivity index (χ0) is 15.6. The highest BCUT2D eigenvalue weighted by Crippen LogP contribution is 2.33. The van der Waals surface area contributed by atoms with Crippen LogP contribution in [0.2, 0.25) is 10.0 Å². The molecular formula is C14H19Cl2NO3S. The Balaban J connectivity index is 2.36. The van der Waals surface area contributed by atoms with Gasteiger partial charge in [-0.05, 0) is 36.5 Å². The van der Waals surface area contributed by atoms with Crippen molar-refractivity contribution in [3.05, 3.63) is 27.7 Å². The van der Waals surface area contributed by atoms with Crippen molar-refractivity contribution in [3.63, 3.8) is 0 Å². The Morgan fingerprint density at radius 2 is 1.95 bits per heavy atom. The second-order valence-corrected chi connectivity index (χ2v) is 8.01. The van der Waals surface area contributed by atoms with Gasteiger partial charge in [0.05, 0.1) is 11.6 Å². The molecule has 0 unspecified atom stereocenters. The first kappa shape index (κ1) is 17.0. The lowest BCUT2D eigenvalue weighted by molar-refractivity contribution is 0.250. The quantitative estimate of drug-likeness (QED) is 0.855. The van der Waals surface area contributed by atoms with Gasteiger partial charge in [0.1, 0.15) is 4.90 Å². The van der Waals surface area contributed by atoms with Crippen LogP contribution in [0.1, 0.15) is 31.7 Å². The molecule has 1 aromatic carbocycles. The number of halogens is 2. The average molecular weight is 352 g/mol. The second-order valence-electron chi connectivity index (χ2n) is 5.28. The number of aliphatic hydroxyl groups excluding tert-OH is 1. The van der Waals surface area contributed by atoms with Crippen LogP contribution in [0.4, 0.5) is 0 Å². The Morgan fingerprint density at radius 1 is 1.29 bits per heavy atom. The minimum absolute atomic E-state index is 0.0128. The molecule has 0 bridgehead atoms. The highest BCUT2D eigenvalue weighted by molar-refractivity contribution is 7.89. The topological polar surface area (TPSA) is 57.6 Å². The van der Waals surface area contributed by atoms with Gasteiger partial charge in [0.2, 0.25) is 10.0 Å². The molecule has 0 aliphatic heterocycles. The Morgan fingerprint density at radius 3 is 2.43 bits per heavy atom. The van der Waals surface area contributed by atoms with Gasteiger partial charge in [-0.2, -0.15) is 4.31 Å². The molecular weight excluding hydrogens is 333 g/mol. The van der Waals surface area contributed by atoms with Crippen molar-refractivity contribution in [1.29, 1.82) is 0 Å². The van der Waals surface area contributed by atoms with Crippen LogP contribution in [-0.4, -0.2) is 30.9 Å². The first-order valence-electron chi connectivity index (χ1n) is 6.99. The van der Waals surface area contributed by atoms with E-state index in [0.717, 1.165) is 12.8 Å². The minimum atomic E-state index is -3.67. The highest BCUT2D eigenvalue weighted by atomic mass is 35.5. The molecule has 0 heterocycles. The lowest BCUT2D eigenvalue weighted by atomic mass is 9.85. The molecule has 118 valence electrons. The third-order valence-electron chi connectivity index (χ3n) is 3.93. The van der Waals surface area contributed by atoms with Gasteiger partial charge in [0.15, 0.2) is 0 Å². The third-order valence-corrected chi connectivity index (χ3v) is 6.69. The van der Waals surface area contributed by atoms with Crippen molar-refractivity contribution in [2.75, 3.05) is 13.1 Å². The van der Waals surface area contributed by atoms with Crippen LogP contribution in [0.25, 0.3) is 0 Å². The molecule has 7 heteroatoms. The molecule has 0 saturated heterocycles. The van der Waals surface area contributed by atoms with Gasteiger partial charge in [-0.25, -0.2) is 8.42 Å². The van der Waals surface area contributed by atoms with Crippen molar-refractivity contribution >= 4 is 33.2 Å². The number of aliphatic hydroxyl groups is 1. The zero-order valence-corrected chi connectivity index (χ0v) is 14.2. The van der Waals surface area contributed by atoms with E-state index in [2.05, 4.69) is 0 Å². The maximum atomic E-state index is 12.8. The van der Waals surface area contributed by atoms with E-state index in [0.29, 0.717) is 24.6 Å². The Kier molecular flexibility index (Phi) is 5.54. The lowest BCUT2D eigenvalue weighted by Crippen LogP contribution is -2.37. The normalized spacial score (nSPS) is 16.2. The van der Waals surface area contributed by atoms with Gasteiger partial charge in [-0.1, -0.05) is 36.5 Å². The molecule has 0 spiro atoms. The molecule has 0 aromatic heterocycles. The Bertz CT molecular complexity index is 615. The summed E-state index contributed by atoms with van der Waals surface area (Å²) >= 11 is 12.0. The van der Waals surface area contributed by atoms with Gasteiger partial charge in [0, 0.05) is 18.1 Å². The Labute approximate surface area is 135 Å². The molecule has 21 heavy (non-hydrogen) atoms. The predicted molar refractivity (Wildman–Crippen MR) is 84.2 cm³/mol. The monoisotopic (exact) mass is 351 g/mol. The number of sulfonamides is 1. The first-order valence-corrected chi connectivity index (χ1v) is 9.18. The SMILES string of the molecule is CCN(CC1CCC1)S(=O)(=O)c1cc(CO)c(Cl)cc1Cl. The number of benzene rings is 1. The third kappa shape index (κ3) is 3.54. The molecule has 0 amide bonds. The van der Waals surface area contributed by atoms with Gasteiger partial charge in [-0.3, -0.25) is 0 Å². The summed E-state index contributed by atoms with van der Waals surface area (Å²) in [5.74, 6) is 0.433. The van der Waals surface area contributed by atoms with Gasteiger partial charge in [-0.15, -0.1) is 0 Å². The van der Waals surface area contributed by atoms with Crippen LogP contribution in [0.3, 0.4) is 0 Å². The largest absolute Gasteiger partial charge is 0.392 e. The molecule has 1 aliphatic carbocycles. The molecule has 1 aliphatic rings. The van der Waals surface area contributed by atoms with E-state index >= 15 is 0 Å². The maximum absolute atomic E-state index is 12.8. The van der Waals surface area contributed by atoms with Gasteiger partial charge in [0.25, 0.3) is 0 Å². The predicted octanol–water partition coefficient (Wildman–Crippen LogP) is 3.30. The number of hydrogen-bond acceptors (Lipinski definition) is 3. The van der Waals surface area contributed by atoms with E-state index in [9.17, 15) is 13.5 Å². The van der Waals surface area contributed by atoms with Gasteiger partial charge < -0.3 is 5.11 Å². The number of hydrogen-bond donors (Lipinski definition) is 1. The first-order chi connectivity index (χ1) is 9.90. The van der Waals surface area contributed by atoms with Gasteiger partial charge >= 0.3 is 0 Å². The van der Waals surface area contributed by atoms with Crippen molar-refractivity contribution in [1.82, 2.24) is 4.31 Å². The number of rotatable bonds is 6. The second kappa shape index (κ2) is 6.84. The van der Waals surface area contributed by atoms with E-state index in [1.165, 1.54) is 22.9 Å². The average Bonchev–Trinajstić information content (AvgIpc) is 2.37. The molecule has 4 nitrogen and oxygen atoms in total. The maximum Gasteiger partial charge on any atom is 0.244 e. The summed E-state index contributed by atoms with van der Waals surface area (Å²) in [7, 11) is -3.67. The molecule has 1 saturated carbocycles. The van der Waals surface area contributed by atoms with Crippen LogP contribution in [0.15, 0.2) is 17.0 Å². The smallest absolute Gasteiger partial charge is 0.244 e. The van der Waals surface area contributed by atoms with E-state index < -0.39 is 10.0 Å². The summed E-state index contributed by atoms with van der Waals surface area (Å²) in [6, 6.07) is 2.74. The summed E-state index contributed by atoms with van der Waals surface area (Å²) in [6.45, 7) is 2.40. The zero-order valence-electron chi connectivity index (χ0n) is 11.8. The fourth-order valence-electron chi connectivity index (χ4n) is 2.39.